The highest BCUT2D eigenvalue weighted by molar-refractivity contribution is 5.97. The van der Waals surface area contributed by atoms with Gasteiger partial charge < -0.3 is 24.8 Å². The average Bonchev–Trinajstić information content (AvgIpc) is 2.91. The van der Waals surface area contributed by atoms with Crippen LogP contribution in [0.25, 0.3) is 0 Å². The second-order valence-corrected chi connectivity index (χ2v) is 6.67. The molecular formula is C17H18N2O6. The summed E-state index contributed by atoms with van der Waals surface area (Å²) in [4.78, 5) is 37.6. The van der Waals surface area contributed by atoms with Crippen LogP contribution >= 0.6 is 0 Å². The third-order valence-corrected chi connectivity index (χ3v) is 5.02. The quantitative estimate of drug-likeness (QED) is 0.714. The maximum absolute atomic E-state index is 12.5. The molecule has 0 aliphatic carbocycles. The van der Waals surface area contributed by atoms with Crippen molar-refractivity contribution in [3.8, 4) is 0 Å². The minimum atomic E-state index is -1.35. The van der Waals surface area contributed by atoms with Crippen LogP contribution in [-0.2, 0) is 30.3 Å². The second kappa shape index (κ2) is 5.53. The maximum Gasteiger partial charge on any atom is 0.332 e. The lowest BCUT2D eigenvalue weighted by molar-refractivity contribution is -0.256. The van der Waals surface area contributed by atoms with Crippen LogP contribution in [0.5, 0.6) is 0 Å². The number of carbonyl (C=O) groups excluding carboxylic acids is 2. The molecule has 0 spiro atoms. The molecule has 2 bridgehead atoms. The van der Waals surface area contributed by atoms with Gasteiger partial charge in [0.25, 0.3) is 0 Å². The number of benzene rings is 1. The lowest BCUT2D eigenvalue weighted by atomic mass is 9.84. The van der Waals surface area contributed by atoms with Crippen LogP contribution < -0.4 is 5.32 Å². The van der Waals surface area contributed by atoms with Gasteiger partial charge in [-0.2, -0.15) is 0 Å². The summed E-state index contributed by atoms with van der Waals surface area (Å²) >= 11 is 0. The Morgan fingerprint density at radius 1 is 1.36 bits per heavy atom. The van der Waals surface area contributed by atoms with Crippen molar-refractivity contribution in [1.82, 2.24) is 10.2 Å². The molecule has 8 heteroatoms. The average molecular weight is 346 g/mol. The first kappa shape index (κ1) is 16.0. The van der Waals surface area contributed by atoms with Gasteiger partial charge in [0.1, 0.15) is 12.1 Å². The van der Waals surface area contributed by atoms with Gasteiger partial charge in [0.2, 0.25) is 11.8 Å². The van der Waals surface area contributed by atoms with E-state index in [1.807, 2.05) is 30.3 Å². The summed E-state index contributed by atoms with van der Waals surface area (Å²) in [5.74, 6) is -3.23. The van der Waals surface area contributed by atoms with E-state index in [1.54, 1.807) is 0 Å². The number of nitrogens with zero attached hydrogens (tertiary/aromatic N) is 1. The monoisotopic (exact) mass is 346 g/mol. The van der Waals surface area contributed by atoms with E-state index in [0.29, 0.717) is 0 Å². The van der Waals surface area contributed by atoms with Crippen molar-refractivity contribution in [2.24, 2.45) is 0 Å². The molecule has 4 rings (SSSR count). The number of carboxylic acid groups (broad SMARTS) is 1. The molecule has 0 saturated carbocycles. The number of carbonyl (C=O) groups is 3. The number of ether oxygens (including phenoxy) is 2. The number of amides is 2. The Morgan fingerprint density at radius 2 is 2.08 bits per heavy atom. The molecule has 5 atom stereocenters. The van der Waals surface area contributed by atoms with Crippen molar-refractivity contribution in [3.63, 3.8) is 0 Å². The van der Waals surface area contributed by atoms with Gasteiger partial charge in [-0.05, 0) is 12.5 Å². The molecule has 1 aromatic carbocycles. The second-order valence-electron chi connectivity index (χ2n) is 6.67. The van der Waals surface area contributed by atoms with Crippen LogP contribution in [0, 0.1) is 0 Å². The normalized spacial score (nSPS) is 35.7. The van der Waals surface area contributed by atoms with Crippen molar-refractivity contribution in [3.05, 3.63) is 35.9 Å². The van der Waals surface area contributed by atoms with E-state index in [1.165, 1.54) is 11.8 Å². The van der Waals surface area contributed by atoms with Crippen LogP contribution in [0.4, 0.5) is 0 Å². The molecule has 25 heavy (non-hydrogen) atoms. The fourth-order valence-corrected chi connectivity index (χ4v) is 3.90. The standard InChI is InChI=1S/C17H18N2O6/c1-17-14(16(22)23)19-13(10(25-17)8-24-17)12(15(19)21)18-11(20)7-9-5-3-2-4-6-9/h2-6,10,12-14H,7-8H2,1H3,(H,18,20)(H,22,23)/t10-,12-,13+,14-,17-/m0/s1. The van der Waals surface area contributed by atoms with Gasteiger partial charge in [-0.3, -0.25) is 9.59 Å². The van der Waals surface area contributed by atoms with Gasteiger partial charge >= 0.3 is 5.97 Å². The summed E-state index contributed by atoms with van der Waals surface area (Å²) in [5.41, 5.74) is 0.837. The van der Waals surface area contributed by atoms with E-state index in [2.05, 4.69) is 5.32 Å². The zero-order valence-corrected chi connectivity index (χ0v) is 13.5. The Morgan fingerprint density at radius 3 is 2.76 bits per heavy atom. The molecular weight excluding hydrogens is 328 g/mol. The topological polar surface area (TPSA) is 105 Å². The van der Waals surface area contributed by atoms with Crippen molar-refractivity contribution in [1.29, 1.82) is 0 Å². The van der Waals surface area contributed by atoms with Crippen LogP contribution in [0.1, 0.15) is 12.5 Å². The zero-order chi connectivity index (χ0) is 17.8. The summed E-state index contributed by atoms with van der Waals surface area (Å²) in [5, 5.41) is 12.2. The number of β-lactam (4-membered cyclic amide) rings is 1. The van der Waals surface area contributed by atoms with Crippen LogP contribution in [0.2, 0.25) is 0 Å². The third-order valence-electron chi connectivity index (χ3n) is 5.02. The van der Waals surface area contributed by atoms with Crippen LogP contribution in [-0.4, -0.2) is 64.4 Å². The highest BCUT2D eigenvalue weighted by Crippen LogP contribution is 2.44. The number of nitrogens with one attached hydrogen (secondary N) is 1. The van der Waals surface area contributed by atoms with Gasteiger partial charge in [-0.25, -0.2) is 4.79 Å². The fourth-order valence-electron chi connectivity index (χ4n) is 3.90. The van der Waals surface area contributed by atoms with Crippen molar-refractivity contribution < 1.29 is 29.0 Å². The SMILES string of the molecule is C[C@]12OC[C@H](O1)[C@@H]1[C@H](NC(=O)Cc3ccccc3)C(=O)N1[C@H]2C(=O)O. The molecule has 3 heterocycles. The zero-order valence-electron chi connectivity index (χ0n) is 13.5. The molecule has 0 unspecified atom stereocenters. The lowest BCUT2D eigenvalue weighted by Crippen LogP contribution is -2.82. The Bertz CT molecular complexity index is 738. The molecule has 8 nitrogen and oxygen atoms in total. The van der Waals surface area contributed by atoms with Gasteiger partial charge in [0, 0.05) is 0 Å². The number of aliphatic carboxylic acids is 1. The molecule has 2 amide bonds. The lowest BCUT2D eigenvalue weighted by Gasteiger charge is -2.56. The van der Waals surface area contributed by atoms with Gasteiger partial charge in [-0.15, -0.1) is 0 Å². The van der Waals surface area contributed by atoms with Crippen molar-refractivity contribution in [2.75, 3.05) is 6.61 Å². The Labute approximate surface area is 143 Å². The first-order valence-corrected chi connectivity index (χ1v) is 8.11. The van der Waals surface area contributed by atoms with Crippen molar-refractivity contribution >= 4 is 17.8 Å². The Hall–Kier alpha value is -2.45. The number of fused-ring (bicyclic) bond motifs is 4. The minimum Gasteiger partial charge on any atom is -0.480 e. The van der Waals surface area contributed by atoms with Gasteiger partial charge in [-0.1, -0.05) is 30.3 Å². The summed E-state index contributed by atoms with van der Waals surface area (Å²) in [6.07, 6.45) is -0.292. The predicted octanol–water partition coefficient (Wildman–Crippen LogP) is -0.477. The summed E-state index contributed by atoms with van der Waals surface area (Å²) in [6.45, 7) is 1.72. The highest BCUT2D eigenvalue weighted by Gasteiger charge is 2.68. The largest absolute Gasteiger partial charge is 0.480 e. The number of morpholine rings is 1. The van der Waals surface area contributed by atoms with E-state index in [-0.39, 0.29) is 18.9 Å². The molecule has 2 N–H and O–H groups in total. The molecule has 3 aliphatic heterocycles. The van der Waals surface area contributed by atoms with E-state index < -0.39 is 41.9 Å². The number of carboxylic acids is 1. The van der Waals surface area contributed by atoms with E-state index in [0.717, 1.165) is 5.56 Å². The Balaban J connectivity index is 1.49. The van der Waals surface area contributed by atoms with Gasteiger partial charge in [0.15, 0.2) is 11.8 Å². The first-order chi connectivity index (χ1) is 11.9. The molecule has 0 radical (unpaired) electrons. The Kier molecular flexibility index (Phi) is 3.55. The molecule has 3 saturated heterocycles. The van der Waals surface area contributed by atoms with Gasteiger partial charge in [0.05, 0.1) is 19.1 Å². The molecule has 1 aromatic rings. The number of hydrogen-bond donors (Lipinski definition) is 2. The maximum atomic E-state index is 12.5. The molecule has 3 aliphatic rings. The van der Waals surface area contributed by atoms with E-state index in [9.17, 15) is 19.5 Å². The summed E-state index contributed by atoms with van der Waals surface area (Å²) in [6, 6.07) is 6.66. The molecule has 0 aromatic heterocycles. The van der Waals surface area contributed by atoms with E-state index in [4.69, 9.17) is 9.47 Å². The predicted molar refractivity (Wildman–Crippen MR) is 83.4 cm³/mol. The van der Waals surface area contributed by atoms with E-state index >= 15 is 0 Å². The summed E-state index contributed by atoms with van der Waals surface area (Å²) < 4.78 is 11.2. The highest BCUT2D eigenvalue weighted by atomic mass is 16.8. The third kappa shape index (κ3) is 2.40. The number of rotatable bonds is 4. The fraction of sp³-hybridized carbons (Fsp3) is 0.471. The van der Waals surface area contributed by atoms with Crippen LogP contribution in [0.3, 0.4) is 0 Å². The molecule has 3 fully saturated rings. The van der Waals surface area contributed by atoms with Crippen molar-refractivity contribution in [2.45, 2.75) is 43.4 Å². The molecule has 132 valence electrons. The summed E-state index contributed by atoms with van der Waals surface area (Å²) in [7, 11) is 0. The van der Waals surface area contributed by atoms with Crippen LogP contribution in [0.15, 0.2) is 30.3 Å². The smallest absolute Gasteiger partial charge is 0.332 e. The number of hydrogen-bond acceptors (Lipinski definition) is 5. The minimum absolute atomic E-state index is 0.152. The first-order valence-electron chi connectivity index (χ1n) is 8.11.